The van der Waals surface area contributed by atoms with Crippen molar-refractivity contribution >= 4 is 6.03 Å². The number of hydrogen-bond acceptors (Lipinski definition) is 4. The summed E-state index contributed by atoms with van der Waals surface area (Å²) in [4.78, 5) is 16.2. The highest BCUT2D eigenvalue weighted by molar-refractivity contribution is 5.74. The largest absolute Gasteiger partial charge is 0.466 e. The number of carbonyl (C=O) groups is 1. The summed E-state index contributed by atoms with van der Waals surface area (Å²) >= 11 is 0. The second kappa shape index (κ2) is 7.51. The summed E-state index contributed by atoms with van der Waals surface area (Å²) in [6, 6.07) is 3.77. The van der Waals surface area contributed by atoms with Gasteiger partial charge in [-0.05, 0) is 53.2 Å². The highest BCUT2D eigenvalue weighted by Gasteiger charge is 2.18. The van der Waals surface area contributed by atoms with Crippen LogP contribution in [-0.4, -0.2) is 26.8 Å². The van der Waals surface area contributed by atoms with Crippen molar-refractivity contribution < 1.29 is 9.21 Å². The average molecular weight is 333 g/mol. The minimum Gasteiger partial charge on any atom is -0.466 e. The fraction of sp³-hybridized carbons (Fsp3) is 0.588. The van der Waals surface area contributed by atoms with Crippen LogP contribution in [0.1, 0.15) is 51.5 Å². The molecule has 24 heavy (non-hydrogen) atoms. The van der Waals surface area contributed by atoms with Gasteiger partial charge in [-0.1, -0.05) is 0 Å². The minimum absolute atomic E-state index is 0.0518. The van der Waals surface area contributed by atoms with Crippen molar-refractivity contribution in [2.75, 3.05) is 0 Å². The van der Waals surface area contributed by atoms with Crippen LogP contribution in [0.25, 0.3) is 0 Å². The Bertz CT molecular complexity index is 669. The molecule has 0 spiro atoms. The summed E-state index contributed by atoms with van der Waals surface area (Å²) < 4.78 is 7.35. The fourth-order valence-electron chi connectivity index (χ4n) is 2.43. The van der Waals surface area contributed by atoms with Crippen molar-refractivity contribution in [1.29, 1.82) is 0 Å². The summed E-state index contributed by atoms with van der Waals surface area (Å²) in [5, 5.41) is 9.98. The van der Waals surface area contributed by atoms with Gasteiger partial charge in [0.15, 0.2) is 0 Å². The van der Waals surface area contributed by atoms with E-state index >= 15 is 0 Å². The lowest BCUT2D eigenvalue weighted by Crippen LogP contribution is -2.41. The first kappa shape index (κ1) is 18.0. The first-order valence-electron chi connectivity index (χ1n) is 8.25. The van der Waals surface area contributed by atoms with Crippen LogP contribution in [0.4, 0.5) is 4.79 Å². The van der Waals surface area contributed by atoms with Gasteiger partial charge in [-0.2, -0.15) is 5.10 Å². The Balaban J connectivity index is 1.76. The lowest BCUT2D eigenvalue weighted by atomic mass is 10.1. The molecule has 0 aliphatic heterocycles. The molecule has 0 bridgehead atoms. The maximum atomic E-state index is 12.0. The predicted octanol–water partition coefficient (Wildman–Crippen LogP) is 2.76. The lowest BCUT2D eigenvalue weighted by molar-refractivity contribution is 0.235. The number of urea groups is 1. The number of aromatic nitrogens is 3. The van der Waals surface area contributed by atoms with E-state index in [1.165, 1.54) is 6.33 Å². The molecule has 2 aromatic rings. The third kappa shape index (κ3) is 5.11. The first-order chi connectivity index (χ1) is 11.3. The number of hydrogen-bond donors (Lipinski definition) is 2. The molecule has 7 heteroatoms. The van der Waals surface area contributed by atoms with Gasteiger partial charge in [-0.3, -0.25) is 0 Å². The molecule has 0 radical (unpaired) electrons. The molecule has 0 saturated heterocycles. The van der Waals surface area contributed by atoms with Crippen LogP contribution in [-0.2, 0) is 18.5 Å². The Hall–Kier alpha value is -2.31. The van der Waals surface area contributed by atoms with Crippen LogP contribution in [0.2, 0.25) is 0 Å². The lowest BCUT2D eigenvalue weighted by Gasteiger charge is -2.21. The molecule has 7 nitrogen and oxygen atoms in total. The topological polar surface area (TPSA) is 85.0 Å². The van der Waals surface area contributed by atoms with Gasteiger partial charge in [-0.25, -0.2) is 14.5 Å². The smallest absolute Gasteiger partial charge is 0.315 e. The third-order valence-electron chi connectivity index (χ3n) is 3.66. The summed E-state index contributed by atoms with van der Waals surface area (Å²) in [5.74, 6) is 2.59. The Labute approximate surface area is 142 Å². The van der Waals surface area contributed by atoms with E-state index in [1.807, 2.05) is 51.4 Å². The summed E-state index contributed by atoms with van der Waals surface area (Å²) in [6.45, 7) is 10.4. The molecular formula is C17H27N5O2. The molecule has 1 unspecified atom stereocenters. The number of nitrogens with zero attached hydrogens (tertiary/aromatic N) is 3. The number of carbonyl (C=O) groups excluding carboxylic acids is 1. The van der Waals surface area contributed by atoms with E-state index in [-0.39, 0.29) is 17.6 Å². The highest BCUT2D eigenvalue weighted by Crippen LogP contribution is 2.13. The number of nitrogens with one attached hydrogen (secondary N) is 2. The Morgan fingerprint density at radius 3 is 2.75 bits per heavy atom. The maximum absolute atomic E-state index is 12.0. The van der Waals surface area contributed by atoms with Crippen molar-refractivity contribution in [1.82, 2.24) is 25.4 Å². The molecule has 2 N–H and O–H groups in total. The Morgan fingerprint density at radius 1 is 1.38 bits per heavy atom. The van der Waals surface area contributed by atoms with Gasteiger partial charge >= 0.3 is 6.03 Å². The molecule has 2 heterocycles. The van der Waals surface area contributed by atoms with Crippen molar-refractivity contribution in [3.63, 3.8) is 0 Å². The Kier molecular flexibility index (Phi) is 5.64. The molecule has 2 rings (SSSR count). The number of furan rings is 1. The fourth-order valence-corrected chi connectivity index (χ4v) is 2.43. The second-order valence-corrected chi connectivity index (χ2v) is 7.04. The maximum Gasteiger partial charge on any atom is 0.315 e. The van der Waals surface area contributed by atoms with Gasteiger partial charge in [-0.15, -0.1) is 0 Å². The van der Waals surface area contributed by atoms with Crippen molar-refractivity contribution in [2.45, 2.75) is 65.6 Å². The van der Waals surface area contributed by atoms with E-state index in [4.69, 9.17) is 4.42 Å². The van der Waals surface area contributed by atoms with E-state index in [1.54, 1.807) is 0 Å². The van der Waals surface area contributed by atoms with Crippen LogP contribution in [0.3, 0.4) is 0 Å². The molecule has 0 aliphatic rings. The Morgan fingerprint density at radius 2 is 2.12 bits per heavy atom. The molecule has 2 amide bonds. The van der Waals surface area contributed by atoms with Crippen molar-refractivity contribution in [2.24, 2.45) is 0 Å². The van der Waals surface area contributed by atoms with E-state index < -0.39 is 0 Å². The van der Waals surface area contributed by atoms with Gasteiger partial charge in [0.2, 0.25) is 0 Å². The number of aryl methyl sites for hydroxylation is 2. The molecule has 2 aromatic heterocycles. The summed E-state index contributed by atoms with van der Waals surface area (Å²) in [5.41, 5.74) is -0.168. The predicted molar refractivity (Wildman–Crippen MR) is 91.6 cm³/mol. The first-order valence-corrected chi connectivity index (χ1v) is 8.25. The van der Waals surface area contributed by atoms with Gasteiger partial charge in [0.05, 0.1) is 12.1 Å². The van der Waals surface area contributed by atoms with E-state index in [0.29, 0.717) is 6.54 Å². The minimum atomic E-state index is -0.207. The molecular weight excluding hydrogens is 306 g/mol. The second-order valence-electron chi connectivity index (χ2n) is 7.04. The van der Waals surface area contributed by atoms with Crippen molar-refractivity contribution in [3.05, 3.63) is 35.8 Å². The zero-order valence-corrected chi connectivity index (χ0v) is 15.1. The third-order valence-corrected chi connectivity index (χ3v) is 3.66. The van der Waals surface area contributed by atoms with Gasteiger partial charge in [0.25, 0.3) is 0 Å². The summed E-state index contributed by atoms with van der Waals surface area (Å²) in [7, 11) is 0. The van der Waals surface area contributed by atoms with Crippen LogP contribution in [0.5, 0.6) is 0 Å². The SMILES string of the molecule is Cc1ccc(CCC(C)NC(=O)NCc2ncnn2C(C)(C)C)o1. The molecule has 0 aliphatic carbocycles. The van der Waals surface area contributed by atoms with Crippen LogP contribution in [0.15, 0.2) is 22.9 Å². The molecule has 0 aromatic carbocycles. The average Bonchev–Trinajstić information content (AvgIpc) is 3.11. The zero-order chi connectivity index (χ0) is 17.7. The van der Waals surface area contributed by atoms with Gasteiger partial charge in [0, 0.05) is 12.5 Å². The quantitative estimate of drug-likeness (QED) is 0.851. The van der Waals surface area contributed by atoms with Crippen molar-refractivity contribution in [3.8, 4) is 0 Å². The van der Waals surface area contributed by atoms with Gasteiger partial charge in [0.1, 0.15) is 23.7 Å². The van der Waals surface area contributed by atoms with Crippen LogP contribution >= 0.6 is 0 Å². The molecule has 132 valence electrons. The van der Waals surface area contributed by atoms with Gasteiger partial charge < -0.3 is 15.1 Å². The molecule has 1 atom stereocenters. The molecule has 0 saturated carbocycles. The van der Waals surface area contributed by atoms with Crippen LogP contribution in [0, 0.1) is 6.92 Å². The monoisotopic (exact) mass is 333 g/mol. The van der Waals surface area contributed by atoms with Crippen LogP contribution < -0.4 is 10.6 Å². The number of amides is 2. The normalized spacial score (nSPS) is 12.9. The zero-order valence-electron chi connectivity index (χ0n) is 15.1. The van der Waals surface area contributed by atoms with E-state index in [9.17, 15) is 4.79 Å². The van der Waals surface area contributed by atoms with E-state index in [0.717, 1.165) is 30.2 Å². The molecule has 0 fully saturated rings. The standard InChI is InChI=1S/C17H27N5O2/c1-12(6-8-14-9-7-13(2)24-14)21-16(23)18-10-15-19-11-20-22(15)17(3,4)5/h7,9,11-12H,6,8,10H2,1-5H3,(H2,18,21,23). The summed E-state index contributed by atoms with van der Waals surface area (Å²) in [6.07, 6.45) is 3.13. The number of rotatable bonds is 6. The van der Waals surface area contributed by atoms with E-state index in [2.05, 4.69) is 20.7 Å². The highest BCUT2D eigenvalue weighted by atomic mass is 16.3.